The molecule has 1 unspecified atom stereocenters. The van der Waals surface area contributed by atoms with E-state index in [-0.39, 0.29) is 12.4 Å². The molecule has 0 saturated carbocycles. The molecule has 0 spiro atoms. The predicted molar refractivity (Wildman–Crippen MR) is 57.9 cm³/mol. The average Bonchev–Trinajstić information content (AvgIpc) is 2.28. The van der Waals surface area contributed by atoms with Gasteiger partial charge in [-0.3, -0.25) is 4.79 Å². The third kappa shape index (κ3) is 4.01. The van der Waals surface area contributed by atoms with Gasteiger partial charge in [-0.05, 0) is 25.0 Å². The number of hydrogen-bond donors (Lipinski definition) is 1. The average molecular weight is 244 g/mol. The summed E-state index contributed by atoms with van der Waals surface area (Å²) >= 11 is 0. The Balaban J connectivity index is 2.45. The van der Waals surface area contributed by atoms with Gasteiger partial charge in [-0.15, -0.1) is 0 Å². The smallest absolute Gasteiger partial charge is 0.306 e. The molecule has 0 saturated heterocycles. The van der Waals surface area contributed by atoms with Crippen LogP contribution in [0.3, 0.4) is 0 Å². The summed E-state index contributed by atoms with van der Waals surface area (Å²) in [6, 6.07) is 3.22. The number of carboxylic acids is 1. The Kier molecular flexibility index (Phi) is 4.87. The maximum Gasteiger partial charge on any atom is 0.306 e. The molecule has 1 rings (SSSR count). The van der Waals surface area contributed by atoms with Crippen LogP contribution in [0.15, 0.2) is 18.2 Å². The van der Waals surface area contributed by atoms with Crippen LogP contribution in [0.5, 0.6) is 5.75 Å². The summed E-state index contributed by atoms with van der Waals surface area (Å²) in [6.45, 7) is 1.94. The molecule has 0 heterocycles. The fourth-order valence-corrected chi connectivity index (χ4v) is 1.39. The summed E-state index contributed by atoms with van der Waals surface area (Å²) in [5, 5.41) is 8.79. The van der Waals surface area contributed by atoms with Gasteiger partial charge in [0.05, 0.1) is 12.5 Å². The van der Waals surface area contributed by atoms with E-state index in [0.29, 0.717) is 12.8 Å². The van der Waals surface area contributed by atoms with E-state index in [9.17, 15) is 13.6 Å². The van der Waals surface area contributed by atoms with Gasteiger partial charge >= 0.3 is 5.97 Å². The summed E-state index contributed by atoms with van der Waals surface area (Å²) in [7, 11) is 0. The molecule has 0 aliphatic carbocycles. The van der Waals surface area contributed by atoms with Crippen LogP contribution in [-0.2, 0) is 4.79 Å². The van der Waals surface area contributed by atoms with Gasteiger partial charge < -0.3 is 9.84 Å². The Bertz CT molecular complexity index is 393. The summed E-state index contributed by atoms with van der Waals surface area (Å²) in [4.78, 5) is 10.7. The number of hydrogen-bond acceptors (Lipinski definition) is 2. The van der Waals surface area contributed by atoms with Crippen LogP contribution in [-0.4, -0.2) is 17.7 Å². The lowest BCUT2D eigenvalue weighted by Crippen LogP contribution is -2.15. The minimum absolute atomic E-state index is 0.163. The first kappa shape index (κ1) is 13.4. The van der Waals surface area contributed by atoms with Crippen LogP contribution in [0.2, 0.25) is 0 Å². The molecule has 0 amide bonds. The van der Waals surface area contributed by atoms with Crippen molar-refractivity contribution in [1.82, 2.24) is 0 Å². The first-order valence-corrected chi connectivity index (χ1v) is 5.35. The highest BCUT2D eigenvalue weighted by atomic mass is 19.2. The number of ether oxygens (including phenoxy) is 1. The molecule has 1 aromatic rings. The molecule has 3 nitrogen and oxygen atoms in total. The monoisotopic (exact) mass is 244 g/mol. The highest BCUT2D eigenvalue weighted by Crippen LogP contribution is 2.16. The number of benzene rings is 1. The van der Waals surface area contributed by atoms with E-state index < -0.39 is 23.5 Å². The molecule has 1 atom stereocenters. The zero-order valence-corrected chi connectivity index (χ0v) is 9.45. The van der Waals surface area contributed by atoms with Crippen molar-refractivity contribution in [1.29, 1.82) is 0 Å². The summed E-state index contributed by atoms with van der Waals surface area (Å²) in [5.74, 6) is -3.06. The van der Waals surface area contributed by atoms with Gasteiger partial charge in [-0.2, -0.15) is 0 Å². The van der Waals surface area contributed by atoms with Crippen molar-refractivity contribution in [2.75, 3.05) is 6.61 Å². The molecule has 0 radical (unpaired) electrons. The van der Waals surface area contributed by atoms with Crippen LogP contribution >= 0.6 is 0 Å². The molecule has 0 aromatic heterocycles. The van der Waals surface area contributed by atoms with E-state index in [4.69, 9.17) is 9.84 Å². The normalized spacial score (nSPS) is 12.2. The first-order valence-electron chi connectivity index (χ1n) is 5.35. The molecular weight excluding hydrogens is 230 g/mol. The van der Waals surface area contributed by atoms with E-state index in [1.807, 2.05) is 0 Å². The largest absolute Gasteiger partial charge is 0.493 e. The van der Waals surface area contributed by atoms with Crippen LogP contribution in [0.1, 0.15) is 19.8 Å². The zero-order valence-electron chi connectivity index (χ0n) is 9.45. The van der Waals surface area contributed by atoms with Crippen molar-refractivity contribution in [2.24, 2.45) is 5.92 Å². The van der Waals surface area contributed by atoms with Gasteiger partial charge in [0.25, 0.3) is 0 Å². The molecule has 1 N–H and O–H groups in total. The van der Waals surface area contributed by atoms with Crippen molar-refractivity contribution >= 4 is 5.97 Å². The van der Waals surface area contributed by atoms with Gasteiger partial charge in [0.15, 0.2) is 11.6 Å². The van der Waals surface area contributed by atoms with E-state index >= 15 is 0 Å². The van der Waals surface area contributed by atoms with Crippen LogP contribution in [0.25, 0.3) is 0 Å². The van der Waals surface area contributed by atoms with E-state index in [1.165, 1.54) is 6.07 Å². The molecule has 1 aromatic carbocycles. The van der Waals surface area contributed by atoms with E-state index in [0.717, 1.165) is 12.1 Å². The van der Waals surface area contributed by atoms with Crippen molar-refractivity contribution in [3.63, 3.8) is 0 Å². The second kappa shape index (κ2) is 6.18. The number of carbonyl (C=O) groups is 1. The zero-order chi connectivity index (χ0) is 12.8. The molecule has 0 bridgehead atoms. The highest BCUT2D eigenvalue weighted by molar-refractivity contribution is 5.69. The Morgan fingerprint density at radius 3 is 2.65 bits per heavy atom. The first-order chi connectivity index (χ1) is 8.04. The summed E-state index contributed by atoms with van der Waals surface area (Å²) < 4.78 is 30.6. The Morgan fingerprint density at radius 2 is 2.12 bits per heavy atom. The summed E-state index contributed by atoms with van der Waals surface area (Å²) in [6.07, 6.45) is 0.849. The SMILES string of the molecule is CCC(CCOc1ccc(F)c(F)c1)C(=O)O. The molecule has 94 valence electrons. The highest BCUT2D eigenvalue weighted by Gasteiger charge is 2.14. The number of aliphatic carboxylic acids is 1. The fraction of sp³-hybridized carbons (Fsp3) is 0.417. The molecule has 0 fully saturated rings. The maximum absolute atomic E-state index is 12.8. The molecule has 17 heavy (non-hydrogen) atoms. The summed E-state index contributed by atoms with van der Waals surface area (Å²) in [5.41, 5.74) is 0. The molecule has 0 aliphatic rings. The van der Waals surface area contributed by atoms with Crippen molar-refractivity contribution < 1.29 is 23.4 Å². The van der Waals surface area contributed by atoms with Gasteiger partial charge in [0, 0.05) is 6.07 Å². The Hall–Kier alpha value is -1.65. The van der Waals surface area contributed by atoms with Crippen LogP contribution < -0.4 is 4.74 Å². The lowest BCUT2D eigenvalue weighted by molar-refractivity contribution is -0.142. The van der Waals surface area contributed by atoms with Crippen LogP contribution in [0, 0.1) is 17.6 Å². The fourth-order valence-electron chi connectivity index (χ4n) is 1.39. The minimum Gasteiger partial charge on any atom is -0.493 e. The maximum atomic E-state index is 12.8. The number of carboxylic acid groups (broad SMARTS) is 1. The number of halogens is 2. The van der Waals surface area contributed by atoms with E-state index in [2.05, 4.69) is 0 Å². The third-order valence-electron chi connectivity index (χ3n) is 2.47. The van der Waals surface area contributed by atoms with Crippen molar-refractivity contribution in [2.45, 2.75) is 19.8 Å². The standard InChI is InChI=1S/C12H14F2O3/c1-2-8(12(15)16)5-6-17-9-3-4-10(13)11(14)7-9/h3-4,7-8H,2,5-6H2,1H3,(H,15,16). The van der Waals surface area contributed by atoms with Crippen molar-refractivity contribution in [3.05, 3.63) is 29.8 Å². The van der Waals surface area contributed by atoms with Gasteiger partial charge in [0.2, 0.25) is 0 Å². The van der Waals surface area contributed by atoms with Gasteiger partial charge in [0.1, 0.15) is 5.75 Å². The number of rotatable bonds is 6. The van der Waals surface area contributed by atoms with E-state index in [1.54, 1.807) is 6.92 Å². The van der Waals surface area contributed by atoms with Gasteiger partial charge in [-0.25, -0.2) is 8.78 Å². The lowest BCUT2D eigenvalue weighted by Gasteiger charge is -2.10. The molecule has 0 aliphatic heterocycles. The molecule has 5 heteroatoms. The third-order valence-corrected chi connectivity index (χ3v) is 2.47. The van der Waals surface area contributed by atoms with Gasteiger partial charge in [-0.1, -0.05) is 6.92 Å². The lowest BCUT2D eigenvalue weighted by atomic mass is 10.0. The van der Waals surface area contributed by atoms with Crippen LogP contribution in [0.4, 0.5) is 8.78 Å². The Labute approximate surface area is 98.0 Å². The second-order valence-corrected chi connectivity index (χ2v) is 3.66. The Morgan fingerprint density at radius 1 is 1.41 bits per heavy atom. The van der Waals surface area contributed by atoms with Crippen molar-refractivity contribution in [3.8, 4) is 5.75 Å². The quantitative estimate of drug-likeness (QED) is 0.837. The second-order valence-electron chi connectivity index (χ2n) is 3.66. The predicted octanol–water partition coefficient (Wildman–Crippen LogP) is 2.84. The minimum atomic E-state index is -0.979. The topological polar surface area (TPSA) is 46.5 Å². The molecular formula is C12H14F2O3.